The van der Waals surface area contributed by atoms with Gasteiger partial charge in [-0.25, -0.2) is 4.98 Å². The van der Waals surface area contributed by atoms with E-state index in [-0.39, 0.29) is 0 Å². The van der Waals surface area contributed by atoms with Crippen LogP contribution in [-0.4, -0.2) is 9.38 Å². The van der Waals surface area contributed by atoms with E-state index < -0.39 is 0 Å². The first kappa shape index (κ1) is 11.6. The number of imidazole rings is 1. The molecule has 4 heteroatoms. The minimum absolute atomic E-state index is 0.704. The minimum atomic E-state index is 0.704. The van der Waals surface area contributed by atoms with E-state index in [9.17, 15) is 0 Å². The summed E-state index contributed by atoms with van der Waals surface area (Å²) in [5, 5.41) is 1.48. The van der Waals surface area contributed by atoms with Crippen LogP contribution in [0, 0.1) is 0 Å². The van der Waals surface area contributed by atoms with E-state index in [2.05, 4.69) is 4.98 Å². The topological polar surface area (TPSA) is 17.3 Å². The number of aromatic nitrogens is 2. The van der Waals surface area contributed by atoms with Crippen molar-refractivity contribution in [2.45, 2.75) is 6.42 Å². The maximum absolute atomic E-state index is 6.16. The van der Waals surface area contributed by atoms with Crippen LogP contribution < -0.4 is 0 Å². The van der Waals surface area contributed by atoms with Crippen molar-refractivity contribution >= 4 is 28.7 Å². The molecule has 0 saturated carbocycles. The lowest BCUT2D eigenvalue weighted by molar-refractivity contribution is 0.962. The lowest BCUT2D eigenvalue weighted by atomic mass is 10.1. The van der Waals surface area contributed by atoms with Gasteiger partial charge < -0.3 is 4.40 Å². The van der Waals surface area contributed by atoms with E-state index in [0.29, 0.717) is 11.4 Å². The lowest BCUT2D eigenvalue weighted by Gasteiger charge is -2.04. The Balaban J connectivity index is 2.03. The van der Waals surface area contributed by atoms with Crippen molar-refractivity contribution < 1.29 is 0 Å². The Hall–Kier alpha value is -1.51. The number of hydrogen-bond acceptors (Lipinski definition) is 1. The molecule has 0 radical (unpaired) electrons. The molecular weight excluding hydrogens is 267 g/mol. The molecule has 18 heavy (non-hydrogen) atoms. The van der Waals surface area contributed by atoms with Gasteiger partial charge in [-0.3, -0.25) is 0 Å². The van der Waals surface area contributed by atoms with Crippen LogP contribution in [0.4, 0.5) is 0 Å². The van der Waals surface area contributed by atoms with Crippen molar-refractivity contribution in [3.05, 3.63) is 70.2 Å². The quantitative estimate of drug-likeness (QED) is 0.685. The smallest absolute Gasteiger partial charge is 0.117 e. The molecule has 0 amide bonds. The molecule has 0 N–H and O–H groups in total. The highest BCUT2D eigenvalue weighted by atomic mass is 35.5. The van der Waals surface area contributed by atoms with E-state index in [4.69, 9.17) is 23.2 Å². The molecule has 0 spiro atoms. The van der Waals surface area contributed by atoms with Crippen LogP contribution in [0.3, 0.4) is 0 Å². The first-order valence-electron chi connectivity index (χ1n) is 5.59. The van der Waals surface area contributed by atoms with Crippen molar-refractivity contribution in [3.63, 3.8) is 0 Å². The SMILES string of the molecule is Clc1ccn2c(Cc3ccccc3Cl)ncc2c1. The number of nitrogens with zero attached hydrogens (tertiary/aromatic N) is 2. The second kappa shape index (κ2) is 4.63. The molecule has 2 nitrogen and oxygen atoms in total. The fraction of sp³-hybridized carbons (Fsp3) is 0.0714. The molecule has 0 fully saturated rings. The molecule has 1 aromatic carbocycles. The van der Waals surface area contributed by atoms with Crippen molar-refractivity contribution in [3.8, 4) is 0 Å². The van der Waals surface area contributed by atoms with Gasteiger partial charge in [0.1, 0.15) is 5.82 Å². The first-order chi connectivity index (χ1) is 8.74. The standard InChI is InChI=1S/C14H10Cl2N2/c15-11-5-6-18-12(8-11)9-17-14(18)7-10-3-1-2-4-13(10)16/h1-6,8-9H,7H2. The minimum Gasteiger partial charge on any atom is -0.303 e. The Labute approximate surface area is 115 Å². The summed E-state index contributed by atoms with van der Waals surface area (Å²) in [6, 6.07) is 11.6. The maximum Gasteiger partial charge on any atom is 0.117 e. The van der Waals surface area contributed by atoms with E-state index in [1.807, 2.05) is 53.2 Å². The Bertz CT molecular complexity index is 704. The number of pyridine rings is 1. The van der Waals surface area contributed by atoms with Crippen molar-refractivity contribution in [2.75, 3.05) is 0 Å². The highest BCUT2D eigenvalue weighted by Crippen LogP contribution is 2.20. The summed E-state index contributed by atoms with van der Waals surface area (Å²) in [7, 11) is 0. The van der Waals surface area contributed by atoms with E-state index in [1.54, 1.807) is 0 Å². The second-order valence-electron chi connectivity index (χ2n) is 4.08. The molecule has 2 heterocycles. The Morgan fingerprint density at radius 3 is 2.78 bits per heavy atom. The third-order valence-corrected chi connectivity index (χ3v) is 3.48. The van der Waals surface area contributed by atoms with Crippen LogP contribution >= 0.6 is 23.2 Å². The predicted molar refractivity (Wildman–Crippen MR) is 74.5 cm³/mol. The van der Waals surface area contributed by atoms with Crippen LogP contribution in [-0.2, 0) is 6.42 Å². The molecule has 3 aromatic rings. The summed E-state index contributed by atoms with van der Waals surface area (Å²) >= 11 is 12.1. The first-order valence-corrected chi connectivity index (χ1v) is 6.34. The second-order valence-corrected chi connectivity index (χ2v) is 4.93. The van der Waals surface area contributed by atoms with Crippen molar-refractivity contribution in [1.82, 2.24) is 9.38 Å². The van der Waals surface area contributed by atoms with Gasteiger partial charge in [0.25, 0.3) is 0 Å². The molecule has 0 bridgehead atoms. The monoisotopic (exact) mass is 276 g/mol. The average Bonchev–Trinajstić information content (AvgIpc) is 2.74. The fourth-order valence-electron chi connectivity index (χ4n) is 1.97. The predicted octanol–water partition coefficient (Wildman–Crippen LogP) is 4.23. The average molecular weight is 277 g/mol. The third kappa shape index (κ3) is 2.09. The third-order valence-electron chi connectivity index (χ3n) is 2.88. The van der Waals surface area contributed by atoms with Gasteiger partial charge in [0, 0.05) is 22.7 Å². The van der Waals surface area contributed by atoms with Crippen LogP contribution in [0.5, 0.6) is 0 Å². The zero-order chi connectivity index (χ0) is 12.5. The largest absolute Gasteiger partial charge is 0.303 e. The number of hydrogen-bond donors (Lipinski definition) is 0. The normalized spacial score (nSPS) is 11.0. The Kier molecular flexibility index (Phi) is 2.98. The van der Waals surface area contributed by atoms with Crippen LogP contribution in [0.25, 0.3) is 5.52 Å². The molecule has 0 aliphatic rings. The van der Waals surface area contributed by atoms with Gasteiger partial charge in [-0.15, -0.1) is 0 Å². The Morgan fingerprint density at radius 1 is 1.11 bits per heavy atom. The van der Waals surface area contributed by atoms with Gasteiger partial charge in [-0.1, -0.05) is 41.4 Å². The highest BCUT2D eigenvalue weighted by Gasteiger charge is 2.07. The molecule has 90 valence electrons. The zero-order valence-corrected chi connectivity index (χ0v) is 11.0. The summed E-state index contributed by atoms with van der Waals surface area (Å²) in [5.41, 5.74) is 2.06. The van der Waals surface area contributed by atoms with Gasteiger partial charge >= 0.3 is 0 Å². The lowest BCUT2D eigenvalue weighted by Crippen LogP contribution is -1.96. The molecular formula is C14H10Cl2N2. The maximum atomic E-state index is 6.16. The van der Waals surface area contributed by atoms with Gasteiger partial charge in [0.2, 0.25) is 0 Å². The number of halogens is 2. The van der Waals surface area contributed by atoms with Gasteiger partial charge in [0.05, 0.1) is 11.7 Å². The summed E-state index contributed by atoms with van der Waals surface area (Å²) < 4.78 is 2.02. The van der Waals surface area contributed by atoms with Gasteiger partial charge in [0.15, 0.2) is 0 Å². The molecule has 0 unspecified atom stereocenters. The molecule has 0 aliphatic heterocycles. The summed E-state index contributed by atoms with van der Waals surface area (Å²) in [6.07, 6.45) is 4.45. The highest BCUT2D eigenvalue weighted by molar-refractivity contribution is 6.31. The van der Waals surface area contributed by atoms with Crippen LogP contribution in [0.1, 0.15) is 11.4 Å². The van der Waals surface area contributed by atoms with Crippen molar-refractivity contribution in [2.24, 2.45) is 0 Å². The fourth-order valence-corrected chi connectivity index (χ4v) is 2.34. The van der Waals surface area contributed by atoms with Gasteiger partial charge in [-0.2, -0.15) is 0 Å². The van der Waals surface area contributed by atoms with Gasteiger partial charge in [-0.05, 0) is 23.8 Å². The van der Waals surface area contributed by atoms with Crippen molar-refractivity contribution in [1.29, 1.82) is 0 Å². The van der Waals surface area contributed by atoms with Crippen LogP contribution in [0.2, 0.25) is 10.0 Å². The number of fused-ring (bicyclic) bond motifs is 1. The van der Waals surface area contributed by atoms with E-state index >= 15 is 0 Å². The van der Waals surface area contributed by atoms with Crippen LogP contribution in [0.15, 0.2) is 48.8 Å². The zero-order valence-electron chi connectivity index (χ0n) is 9.48. The summed E-state index contributed by atoms with van der Waals surface area (Å²) in [4.78, 5) is 4.42. The molecule has 0 atom stereocenters. The molecule has 3 rings (SSSR count). The molecule has 2 aromatic heterocycles. The van der Waals surface area contributed by atoms with E-state index in [0.717, 1.165) is 21.9 Å². The number of benzene rings is 1. The van der Waals surface area contributed by atoms with E-state index in [1.165, 1.54) is 0 Å². The number of rotatable bonds is 2. The molecule has 0 aliphatic carbocycles. The Morgan fingerprint density at radius 2 is 1.94 bits per heavy atom. The summed E-state index contributed by atoms with van der Waals surface area (Å²) in [5.74, 6) is 0.953. The molecule has 0 saturated heterocycles. The summed E-state index contributed by atoms with van der Waals surface area (Å²) in [6.45, 7) is 0.